The maximum absolute atomic E-state index is 9.76. The summed E-state index contributed by atoms with van der Waals surface area (Å²) in [6.07, 6.45) is 6.44. The predicted molar refractivity (Wildman–Crippen MR) is 82.6 cm³/mol. The van der Waals surface area contributed by atoms with Crippen molar-refractivity contribution in [2.45, 2.75) is 45.4 Å². The van der Waals surface area contributed by atoms with Gasteiger partial charge in [0, 0.05) is 18.8 Å². The van der Waals surface area contributed by atoms with E-state index in [2.05, 4.69) is 17.9 Å². The number of anilines is 1. The molecule has 3 rings (SSSR count). The van der Waals surface area contributed by atoms with Crippen molar-refractivity contribution >= 4 is 5.69 Å². The van der Waals surface area contributed by atoms with E-state index < -0.39 is 0 Å². The third-order valence-electron chi connectivity index (χ3n) is 4.45. The summed E-state index contributed by atoms with van der Waals surface area (Å²) in [5.41, 5.74) is 5.51. The van der Waals surface area contributed by atoms with Crippen LogP contribution in [0.5, 0.6) is 0 Å². The smallest absolute Gasteiger partial charge is 0.102 e. The van der Waals surface area contributed by atoms with Crippen molar-refractivity contribution in [2.24, 2.45) is 0 Å². The summed E-state index contributed by atoms with van der Waals surface area (Å²) in [6, 6.07) is 2.50. The predicted octanol–water partition coefficient (Wildman–Crippen LogP) is 2.62. The van der Waals surface area contributed by atoms with Crippen LogP contribution in [0.4, 0.5) is 5.69 Å². The molecule has 1 aliphatic heterocycles. The molecular formula is C17H23N3O. The van der Waals surface area contributed by atoms with Crippen molar-refractivity contribution in [1.82, 2.24) is 4.98 Å². The number of ether oxygens (including phenoxy) is 1. The van der Waals surface area contributed by atoms with E-state index in [0.717, 1.165) is 68.9 Å². The van der Waals surface area contributed by atoms with E-state index in [9.17, 15) is 5.26 Å². The molecule has 1 aromatic heterocycles. The number of aryl methyl sites for hydroxylation is 2. The number of hydrogen-bond donors (Lipinski definition) is 0. The molecule has 0 amide bonds. The van der Waals surface area contributed by atoms with Crippen molar-refractivity contribution in [1.29, 1.82) is 5.26 Å². The van der Waals surface area contributed by atoms with Crippen LogP contribution in [-0.4, -0.2) is 31.3 Å². The molecule has 2 heterocycles. The Morgan fingerprint density at radius 2 is 2.00 bits per heavy atom. The van der Waals surface area contributed by atoms with Gasteiger partial charge in [-0.15, -0.1) is 0 Å². The second-order valence-electron chi connectivity index (χ2n) is 5.88. The first-order valence-electron chi connectivity index (χ1n) is 8.12. The average Bonchev–Trinajstić information content (AvgIpc) is 2.54. The van der Waals surface area contributed by atoms with Crippen molar-refractivity contribution < 1.29 is 4.74 Å². The number of hydrogen-bond acceptors (Lipinski definition) is 4. The van der Waals surface area contributed by atoms with Gasteiger partial charge < -0.3 is 9.64 Å². The lowest BCUT2D eigenvalue weighted by Crippen LogP contribution is -2.38. The summed E-state index contributed by atoms with van der Waals surface area (Å²) in [7, 11) is 0. The van der Waals surface area contributed by atoms with E-state index in [-0.39, 0.29) is 0 Å². The molecule has 0 N–H and O–H groups in total. The Morgan fingerprint density at radius 1 is 1.24 bits per heavy atom. The highest BCUT2D eigenvalue weighted by Crippen LogP contribution is 2.33. The van der Waals surface area contributed by atoms with Gasteiger partial charge in [-0.2, -0.15) is 5.26 Å². The summed E-state index contributed by atoms with van der Waals surface area (Å²) < 4.78 is 5.46. The van der Waals surface area contributed by atoms with Crippen molar-refractivity contribution in [3.05, 3.63) is 22.5 Å². The second kappa shape index (κ2) is 6.44. The summed E-state index contributed by atoms with van der Waals surface area (Å²) in [4.78, 5) is 7.27. The number of fused-ring (bicyclic) bond motifs is 1. The van der Waals surface area contributed by atoms with Gasteiger partial charge in [0.25, 0.3) is 0 Å². The lowest BCUT2D eigenvalue weighted by Gasteiger charge is -2.32. The quantitative estimate of drug-likeness (QED) is 0.856. The minimum Gasteiger partial charge on any atom is -0.378 e. The number of rotatable bonds is 3. The normalized spacial score (nSPS) is 18.2. The van der Waals surface area contributed by atoms with E-state index in [1.807, 2.05) is 0 Å². The van der Waals surface area contributed by atoms with E-state index in [1.165, 1.54) is 24.1 Å². The molecule has 1 saturated heterocycles. The van der Waals surface area contributed by atoms with Crippen molar-refractivity contribution in [3.63, 3.8) is 0 Å². The Labute approximate surface area is 126 Å². The Kier molecular flexibility index (Phi) is 4.40. The largest absolute Gasteiger partial charge is 0.378 e. The van der Waals surface area contributed by atoms with Crippen molar-refractivity contribution in [3.8, 4) is 6.07 Å². The topological polar surface area (TPSA) is 49.2 Å². The Balaban J connectivity index is 2.11. The van der Waals surface area contributed by atoms with Crippen LogP contribution in [0.1, 0.15) is 48.7 Å². The van der Waals surface area contributed by atoms with Crippen LogP contribution >= 0.6 is 0 Å². The Hall–Kier alpha value is -1.60. The third kappa shape index (κ3) is 2.75. The summed E-state index contributed by atoms with van der Waals surface area (Å²) in [5.74, 6) is 0. The first-order valence-corrected chi connectivity index (χ1v) is 8.12. The van der Waals surface area contributed by atoms with Gasteiger partial charge in [0.2, 0.25) is 0 Å². The second-order valence-corrected chi connectivity index (χ2v) is 5.88. The SMILES string of the molecule is CCCc1nc2c(c(C#N)c1N1CCOCC1)CCCC2. The number of pyridine rings is 1. The van der Waals surface area contributed by atoms with E-state index >= 15 is 0 Å². The zero-order valence-corrected chi connectivity index (χ0v) is 12.8. The molecule has 0 atom stereocenters. The molecule has 1 aliphatic carbocycles. The lowest BCUT2D eigenvalue weighted by atomic mass is 9.90. The minimum absolute atomic E-state index is 0.744. The van der Waals surface area contributed by atoms with Crippen LogP contribution in [-0.2, 0) is 24.0 Å². The standard InChI is InChI=1S/C17H23N3O/c1-2-5-16-17(20-8-10-21-11-9-20)14(12-18)13-6-3-4-7-15(13)19-16/h2-11H2,1H3. The fourth-order valence-electron chi connectivity index (χ4n) is 3.44. The summed E-state index contributed by atoms with van der Waals surface area (Å²) in [5, 5.41) is 9.76. The summed E-state index contributed by atoms with van der Waals surface area (Å²) in [6.45, 7) is 5.40. The van der Waals surface area contributed by atoms with Gasteiger partial charge in [0.15, 0.2) is 0 Å². The number of nitrogens with zero attached hydrogens (tertiary/aromatic N) is 3. The first-order chi connectivity index (χ1) is 10.3. The molecule has 4 nitrogen and oxygen atoms in total. The van der Waals surface area contributed by atoms with Gasteiger partial charge in [-0.05, 0) is 37.7 Å². The van der Waals surface area contributed by atoms with Crippen LogP contribution in [0.2, 0.25) is 0 Å². The molecule has 1 fully saturated rings. The van der Waals surface area contributed by atoms with Crippen LogP contribution < -0.4 is 4.90 Å². The Bertz CT molecular complexity index is 556. The molecule has 1 aromatic rings. The molecule has 0 spiro atoms. The monoisotopic (exact) mass is 285 g/mol. The molecular weight excluding hydrogens is 262 g/mol. The lowest BCUT2D eigenvalue weighted by molar-refractivity contribution is 0.122. The van der Waals surface area contributed by atoms with Gasteiger partial charge in [-0.25, -0.2) is 0 Å². The van der Waals surface area contributed by atoms with Gasteiger partial charge in [0.1, 0.15) is 6.07 Å². The maximum atomic E-state index is 9.76. The van der Waals surface area contributed by atoms with E-state index in [4.69, 9.17) is 9.72 Å². The number of nitriles is 1. The zero-order valence-electron chi connectivity index (χ0n) is 12.8. The Morgan fingerprint density at radius 3 is 2.71 bits per heavy atom. The molecule has 0 radical (unpaired) electrons. The van der Waals surface area contributed by atoms with Crippen LogP contribution in [0.25, 0.3) is 0 Å². The zero-order chi connectivity index (χ0) is 14.7. The molecule has 112 valence electrons. The van der Waals surface area contributed by atoms with Gasteiger partial charge >= 0.3 is 0 Å². The fourth-order valence-corrected chi connectivity index (χ4v) is 3.44. The fraction of sp³-hybridized carbons (Fsp3) is 0.647. The van der Waals surface area contributed by atoms with Crippen LogP contribution in [0.3, 0.4) is 0 Å². The molecule has 0 saturated carbocycles. The highest BCUT2D eigenvalue weighted by molar-refractivity contribution is 5.67. The molecule has 0 aromatic carbocycles. The van der Waals surface area contributed by atoms with Gasteiger partial charge in [0.05, 0.1) is 30.2 Å². The van der Waals surface area contributed by atoms with Crippen molar-refractivity contribution in [2.75, 3.05) is 31.2 Å². The highest BCUT2D eigenvalue weighted by Gasteiger charge is 2.25. The molecule has 0 bridgehead atoms. The first kappa shape index (κ1) is 14.3. The van der Waals surface area contributed by atoms with E-state index in [0.29, 0.717) is 0 Å². The number of aromatic nitrogens is 1. The van der Waals surface area contributed by atoms with Gasteiger partial charge in [-0.3, -0.25) is 4.98 Å². The molecule has 4 heteroatoms. The maximum Gasteiger partial charge on any atom is 0.102 e. The molecule has 21 heavy (non-hydrogen) atoms. The minimum atomic E-state index is 0.744. The van der Waals surface area contributed by atoms with Crippen LogP contribution in [0, 0.1) is 11.3 Å². The van der Waals surface area contributed by atoms with E-state index in [1.54, 1.807) is 0 Å². The molecule has 2 aliphatic rings. The summed E-state index contributed by atoms with van der Waals surface area (Å²) >= 11 is 0. The highest BCUT2D eigenvalue weighted by atomic mass is 16.5. The third-order valence-corrected chi connectivity index (χ3v) is 4.45. The average molecular weight is 285 g/mol. The van der Waals surface area contributed by atoms with Crippen LogP contribution in [0.15, 0.2) is 0 Å². The van der Waals surface area contributed by atoms with Gasteiger partial charge in [-0.1, -0.05) is 13.3 Å². The molecule has 0 unspecified atom stereocenters. The number of morpholine rings is 1.